The molecule has 0 radical (unpaired) electrons. The summed E-state index contributed by atoms with van der Waals surface area (Å²) in [7, 11) is 0. The Kier molecular flexibility index (Phi) is 9.23. The Labute approximate surface area is 314 Å². The zero-order valence-corrected chi connectivity index (χ0v) is 34.2. The topological polar surface area (TPSA) is 74.8 Å². The molecule has 6 nitrogen and oxygen atoms in total. The Hall–Kier alpha value is -2.66. The van der Waals surface area contributed by atoms with Gasteiger partial charge in [0.15, 0.2) is 0 Å². The highest BCUT2D eigenvalue weighted by atomic mass is 79.9. The fraction of sp³-hybridized carbons (Fsp3) is 0.316. The summed E-state index contributed by atoms with van der Waals surface area (Å²) in [5.74, 6) is -2.04. The third-order valence-corrected chi connectivity index (χ3v) is 13.5. The molecule has 2 aliphatic rings. The lowest BCUT2D eigenvalue weighted by atomic mass is 9.83. The van der Waals surface area contributed by atoms with Gasteiger partial charge in [-0.3, -0.25) is 19.2 Å². The second-order valence-corrected chi connectivity index (χ2v) is 16.8. The molecule has 4 aromatic carbocycles. The van der Waals surface area contributed by atoms with E-state index in [1.165, 1.54) is 9.80 Å². The minimum absolute atomic E-state index is 0.0205. The molecule has 0 bridgehead atoms. The first-order valence-electron chi connectivity index (χ1n) is 15.9. The first-order chi connectivity index (χ1) is 22.5. The van der Waals surface area contributed by atoms with E-state index in [1.54, 1.807) is 0 Å². The number of imide groups is 2. The van der Waals surface area contributed by atoms with Gasteiger partial charge in [-0.25, -0.2) is 9.80 Å². The van der Waals surface area contributed by atoms with Crippen LogP contribution in [0.25, 0.3) is 10.8 Å². The number of carbonyl (C=O) groups excluding carboxylic acids is 4. The van der Waals surface area contributed by atoms with Crippen LogP contribution in [0.1, 0.15) is 143 Å². The van der Waals surface area contributed by atoms with Crippen LogP contribution in [0, 0.1) is 0 Å². The molecule has 2 aliphatic heterocycles. The number of nitrogens with zero attached hydrogens (tertiary/aromatic N) is 2. The molecule has 48 heavy (non-hydrogen) atoms. The van der Waals surface area contributed by atoms with Gasteiger partial charge in [-0.1, -0.05) is 91.8 Å². The second-order valence-electron chi connectivity index (χ2n) is 13.6. The average Bonchev–Trinajstić information content (AvgIpc) is 3.01. The van der Waals surface area contributed by atoms with E-state index in [4.69, 9.17) is 0 Å². The number of hydrogen-bond acceptors (Lipinski definition) is 4. The molecule has 4 aromatic rings. The van der Waals surface area contributed by atoms with Crippen molar-refractivity contribution in [1.82, 2.24) is 0 Å². The van der Waals surface area contributed by atoms with E-state index < -0.39 is 23.6 Å². The van der Waals surface area contributed by atoms with Gasteiger partial charge in [-0.15, -0.1) is 0 Å². The summed E-state index contributed by atoms with van der Waals surface area (Å²) >= 11 is 14.7. The summed E-state index contributed by atoms with van der Waals surface area (Å²) in [5, 5.41) is 0.541. The predicted octanol–water partition coefficient (Wildman–Crippen LogP) is 12.0. The Bertz CT molecular complexity index is 1850. The van der Waals surface area contributed by atoms with Crippen LogP contribution in [0.2, 0.25) is 0 Å². The lowest BCUT2D eigenvalue weighted by Gasteiger charge is -2.37. The summed E-state index contributed by atoms with van der Waals surface area (Å²) in [6, 6.07) is 11.7. The van der Waals surface area contributed by atoms with Crippen LogP contribution in [0.3, 0.4) is 0 Å². The molecule has 0 fully saturated rings. The molecule has 0 N–H and O–H groups in total. The zero-order valence-electron chi connectivity index (χ0n) is 27.8. The van der Waals surface area contributed by atoms with E-state index >= 15 is 0 Å². The minimum atomic E-state index is -0.531. The molecule has 0 saturated carbocycles. The van der Waals surface area contributed by atoms with Crippen LogP contribution < -0.4 is 9.80 Å². The predicted molar refractivity (Wildman–Crippen MR) is 206 cm³/mol. The molecule has 248 valence electrons. The lowest BCUT2D eigenvalue weighted by molar-refractivity contribution is 0.0870. The molecule has 0 spiro atoms. The maximum absolute atomic E-state index is 14.8. The van der Waals surface area contributed by atoms with Crippen molar-refractivity contribution >= 4 is 109 Å². The number of anilines is 2. The quantitative estimate of drug-likeness (QED) is 0.181. The molecule has 2 heterocycles. The Morgan fingerprint density at radius 3 is 0.812 bits per heavy atom. The summed E-state index contributed by atoms with van der Waals surface area (Å²) in [4.78, 5) is 61.7. The number of benzene rings is 4. The van der Waals surface area contributed by atoms with E-state index in [-0.39, 0.29) is 56.7 Å². The van der Waals surface area contributed by atoms with Gasteiger partial charge in [0.2, 0.25) is 0 Å². The SMILES string of the molecule is CC(C)c1cccc(C(C)C)c1N1C(=O)c2c(Br)c(Br)c3c4c(c(Br)c(Br)c(c24)C1=O)C(=O)N(c1c(C(C)C)cccc1C(C)C)C3=O. The highest BCUT2D eigenvalue weighted by Crippen LogP contribution is 2.53. The van der Waals surface area contributed by atoms with Crippen molar-refractivity contribution in [3.05, 3.63) is 98.8 Å². The number of carbonyl (C=O) groups is 4. The van der Waals surface area contributed by atoms with E-state index in [1.807, 2.05) is 91.8 Å². The second kappa shape index (κ2) is 12.6. The average molecular weight is 902 g/mol. The standard InChI is InChI=1S/C38H34Br4N2O4/c1-15(2)19-11-9-12-20(16(3)4)33(19)43-35(45)25-23-24-27(31(41)29(25)39)37(47)44(34-21(17(5)6)13-10-14-22(34)18(7)8)38(48)28(24)32(42)30(40)26(23)36(43)46/h9-18H,1-8H3. The van der Waals surface area contributed by atoms with Crippen molar-refractivity contribution in [2.45, 2.75) is 79.1 Å². The van der Waals surface area contributed by atoms with Gasteiger partial charge >= 0.3 is 0 Å². The summed E-state index contributed by atoms with van der Waals surface area (Å²) in [5.41, 5.74) is 5.42. The molecular weight excluding hydrogens is 868 g/mol. The van der Waals surface area contributed by atoms with Gasteiger partial charge in [0, 0.05) is 28.7 Å². The molecule has 0 aliphatic carbocycles. The fourth-order valence-electron chi connectivity index (χ4n) is 7.01. The molecule has 4 amide bonds. The van der Waals surface area contributed by atoms with E-state index in [9.17, 15) is 19.2 Å². The van der Waals surface area contributed by atoms with Gasteiger partial charge in [0.05, 0.1) is 33.6 Å². The molecule has 0 atom stereocenters. The van der Waals surface area contributed by atoms with E-state index in [0.29, 0.717) is 29.3 Å². The maximum atomic E-state index is 14.8. The van der Waals surface area contributed by atoms with E-state index in [0.717, 1.165) is 22.3 Å². The highest BCUT2D eigenvalue weighted by Gasteiger charge is 2.47. The van der Waals surface area contributed by atoms with Crippen LogP contribution in [0.5, 0.6) is 0 Å². The number of rotatable bonds is 6. The molecule has 10 heteroatoms. The molecule has 6 rings (SSSR count). The van der Waals surface area contributed by atoms with Crippen molar-refractivity contribution in [2.24, 2.45) is 0 Å². The Morgan fingerprint density at radius 1 is 0.417 bits per heavy atom. The largest absolute Gasteiger partial charge is 0.268 e. The highest BCUT2D eigenvalue weighted by molar-refractivity contribution is 9.13. The van der Waals surface area contributed by atoms with Crippen molar-refractivity contribution in [2.75, 3.05) is 9.80 Å². The number of halogens is 4. The molecule has 0 aromatic heterocycles. The molecular formula is C38H34Br4N2O4. The normalized spacial score (nSPS) is 14.7. The van der Waals surface area contributed by atoms with Crippen molar-refractivity contribution < 1.29 is 19.2 Å². The van der Waals surface area contributed by atoms with Crippen LogP contribution in [-0.4, -0.2) is 23.6 Å². The monoisotopic (exact) mass is 898 g/mol. The van der Waals surface area contributed by atoms with Crippen LogP contribution in [0.15, 0.2) is 54.3 Å². The number of hydrogen-bond donors (Lipinski definition) is 0. The van der Waals surface area contributed by atoms with Crippen molar-refractivity contribution in [3.63, 3.8) is 0 Å². The van der Waals surface area contributed by atoms with Crippen LogP contribution in [-0.2, 0) is 0 Å². The lowest BCUT2D eigenvalue weighted by Crippen LogP contribution is -2.45. The van der Waals surface area contributed by atoms with Gasteiger partial charge < -0.3 is 0 Å². The summed E-state index contributed by atoms with van der Waals surface area (Å²) in [6.45, 7) is 16.3. The Balaban J connectivity index is 1.72. The van der Waals surface area contributed by atoms with Gasteiger partial charge in [0.25, 0.3) is 23.6 Å². The minimum Gasteiger partial charge on any atom is -0.268 e. The van der Waals surface area contributed by atoms with Crippen molar-refractivity contribution in [3.8, 4) is 0 Å². The van der Waals surface area contributed by atoms with Gasteiger partial charge in [-0.2, -0.15) is 0 Å². The van der Waals surface area contributed by atoms with Gasteiger partial charge in [0.1, 0.15) is 0 Å². The smallest absolute Gasteiger partial charge is 0.267 e. The summed E-state index contributed by atoms with van der Waals surface area (Å²) < 4.78 is 1.36. The van der Waals surface area contributed by atoms with Gasteiger partial charge in [-0.05, 0) is 110 Å². The molecule has 0 unspecified atom stereocenters. The first kappa shape index (κ1) is 35.2. The van der Waals surface area contributed by atoms with Crippen LogP contribution in [0.4, 0.5) is 11.4 Å². The molecule has 0 saturated heterocycles. The number of amides is 4. The van der Waals surface area contributed by atoms with Crippen molar-refractivity contribution in [1.29, 1.82) is 0 Å². The maximum Gasteiger partial charge on any atom is 0.267 e. The fourth-order valence-corrected chi connectivity index (χ4v) is 9.27. The third-order valence-electron chi connectivity index (χ3n) is 9.31. The third kappa shape index (κ3) is 4.95. The summed E-state index contributed by atoms with van der Waals surface area (Å²) in [6.07, 6.45) is 0. The van der Waals surface area contributed by atoms with Crippen LogP contribution >= 0.6 is 63.7 Å². The first-order valence-corrected chi connectivity index (χ1v) is 19.1. The Morgan fingerprint density at radius 2 is 0.625 bits per heavy atom. The zero-order chi connectivity index (χ0) is 35.3. The van der Waals surface area contributed by atoms with E-state index in [2.05, 4.69) is 63.7 Å². The number of para-hydroxylation sites is 2.